The van der Waals surface area contributed by atoms with E-state index in [4.69, 9.17) is 9.90 Å². The SMILES string of the molecule is NC(=O)O.O=C(OC(=O)C(F)(F)F)C(F)(F)F. The fourth-order valence-corrected chi connectivity index (χ4v) is 0.200. The van der Waals surface area contributed by atoms with Crippen LogP contribution in [0.1, 0.15) is 0 Å². The molecule has 0 aliphatic carbocycles. The number of nitrogens with two attached hydrogens (primary N) is 1. The third kappa shape index (κ3) is 10.3. The Kier molecular flexibility index (Phi) is 6.04. The zero-order valence-electron chi connectivity index (χ0n) is 7.43. The van der Waals surface area contributed by atoms with Crippen LogP contribution >= 0.6 is 0 Å². The van der Waals surface area contributed by atoms with Gasteiger partial charge in [0.2, 0.25) is 0 Å². The van der Waals surface area contributed by atoms with Crippen molar-refractivity contribution in [3.63, 3.8) is 0 Å². The molecule has 6 nitrogen and oxygen atoms in total. The van der Waals surface area contributed by atoms with Gasteiger partial charge in [0.25, 0.3) is 0 Å². The van der Waals surface area contributed by atoms with Gasteiger partial charge in [0.15, 0.2) is 0 Å². The molecule has 100 valence electrons. The molecule has 0 unspecified atom stereocenters. The Bertz CT molecular complexity index is 279. The summed E-state index contributed by atoms with van der Waals surface area (Å²) in [6, 6.07) is 0. The minimum absolute atomic E-state index is 1.33. The van der Waals surface area contributed by atoms with Crippen LogP contribution in [0.15, 0.2) is 0 Å². The van der Waals surface area contributed by atoms with Gasteiger partial charge in [-0.2, -0.15) is 26.3 Å². The average Bonchev–Trinajstić information content (AvgIpc) is 1.98. The van der Waals surface area contributed by atoms with E-state index in [-0.39, 0.29) is 0 Å². The van der Waals surface area contributed by atoms with Gasteiger partial charge in [-0.15, -0.1) is 0 Å². The lowest BCUT2D eigenvalue weighted by atomic mass is 10.6. The monoisotopic (exact) mass is 271 g/mol. The zero-order chi connectivity index (χ0) is 14.4. The molecule has 0 rings (SSSR count). The third-order valence-electron chi connectivity index (χ3n) is 0.648. The number of rotatable bonds is 0. The number of amides is 1. The van der Waals surface area contributed by atoms with E-state index in [0.717, 1.165) is 0 Å². The fourth-order valence-electron chi connectivity index (χ4n) is 0.200. The largest absolute Gasteiger partial charge is 0.491 e. The molecular formula is C5H3F6NO5. The molecule has 0 radical (unpaired) electrons. The number of carboxylic acid groups (broad SMARTS) is 1. The molecule has 0 atom stereocenters. The number of alkyl halides is 6. The summed E-state index contributed by atoms with van der Waals surface area (Å²) in [5.41, 5.74) is 4.03. The van der Waals surface area contributed by atoms with Crippen molar-refractivity contribution < 1.29 is 50.6 Å². The highest BCUT2D eigenvalue weighted by atomic mass is 19.4. The van der Waals surface area contributed by atoms with Crippen molar-refractivity contribution in [3.8, 4) is 0 Å². The van der Waals surface area contributed by atoms with E-state index in [2.05, 4.69) is 10.5 Å². The Morgan fingerprint density at radius 1 is 0.882 bits per heavy atom. The van der Waals surface area contributed by atoms with Crippen molar-refractivity contribution in [2.45, 2.75) is 12.4 Å². The van der Waals surface area contributed by atoms with E-state index in [0.29, 0.717) is 0 Å². The smallest absolute Gasteiger partial charge is 0.465 e. The molecule has 0 saturated heterocycles. The molecule has 0 aromatic rings. The highest BCUT2D eigenvalue weighted by Gasteiger charge is 2.49. The Morgan fingerprint density at radius 2 is 1.06 bits per heavy atom. The van der Waals surface area contributed by atoms with Gasteiger partial charge in [-0.05, 0) is 0 Å². The number of hydrogen-bond donors (Lipinski definition) is 2. The first kappa shape index (κ1) is 17.4. The highest BCUT2D eigenvalue weighted by Crippen LogP contribution is 2.21. The maximum atomic E-state index is 11.2. The Labute approximate surface area is 87.9 Å². The van der Waals surface area contributed by atoms with Crippen LogP contribution in [0.25, 0.3) is 0 Å². The lowest BCUT2D eigenvalue weighted by Gasteiger charge is -2.06. The lowest BCUT2D eigenvalue weighted by molar-refractivity contribution is -0.221. The molecule has 0 bridgehead atoms. The second kappa shape index (κ2) is 5.91. The zero-order valence-corrected chi connectivity index (χ0v) is 7.43. The summed E-state index contributed by atoms with van der Waals surface area (Å²) in [5, 5.41) is 7.19. The summed E-state index contributed by atoms with van der Waals surface area (Å²) >= 11 is 0. The molecule has 3 N–H and O–H groups in total. The number of carbonyl (C=O) groups is 3. The second-order valence-electron chi connectivity index (χ2n) is 2.01. The Hall–Kier alpha value is -2.01. The van der Waals surface area contributed by atoms with E-state index >= 15 is 0 Å². The fraction of sp³-hybridized carbons (Fsp3) is 0.400. The Balaban J connectivity index is 0. The van der Waals surface area contributed by atoms with E-state index in [1.54, 1.807) is 0 Å². The molecule has 17 heavy (non-hydrogen) atoms. The first-order valence-corrected chi connectivity index (χ1v) is 3.17. The predicted molar refractivity (Wildman–Crippen MR) is 35.4 cm³/mol. The van der Waals surface area contributed by atoms with Crippen LogP contribution in [0.2, 0.25) is 0 Å². The molecule has 0 aliphatic heterocycles. The number of primary amides is 1. The van der Waals surface area contributed by atoms with Crippen molar-refractivity contribution in [2.24, 2.45) is 5.73 Å². The molecule has 0 aromatic heterocycles. The van der Waals surface area contributed by atoms with Gasteiger partial charge in [0.05, 0.1) is 0 Å². The van der Waals surface area contributed by atoms with E-state index in [1.807, 2.05) is 0 Å². The first-order chi connectivity index (χ1) is 7.28. The third-order valence-corrected chi connectivity index (χ3v) is 0.648. The van der Waals surface area contributed by atoms with Crippen LogP contribution < -0.4 is 5.73 Å². The van der Waals surface area contributed by atoms with E-state index in [1.165, 1.54) is 0 Å². The van der Waals surface area contributed by atoms with Crippen LogP contribution in [0.4, 0.5) is 31.1 Å². The van der Waals surface area contributed by atoms with E-state index < -0.39 is 30.4 Å². The average molecular weight is 271 g/mol. The van der Waals surface area contributed by atoms with Crippen molar-refractivity contribution in [2.75, 3.05) is 0 Å². The van der Waals surface area contributed by atoms with Crippen LogP contribution in [0.5, 0.6) is 0 Å². The maximum absolute atomic E-state index is 11.2. The molecule has 0 aliphatic rings. The summed E-state index contributed by atoms with van der Waals surface area (Å²) < 4.78 is 69.7. The molecule has 0 saturated carbocycles. The van der Waals surface area contributed by atoms with Crippen molar-refractivity contribution >= 4 is 18.0 Å². The number of halogens is 6. The Morgan fingerprint density at radius 3 is 1.18 bits per heavy atom. The van der Waals surface area contributed by atoms with Gasteiger partial charge in [0.1, 0.15) is 0 Å². The quantitative estimate of drug-likeness (QED) is 0.385. The second-order valence-corrected chi connectivity index (χ2v) is 2.01. The summed E-state index contributed by atoms with van der Waals surface area (Å²) in [5.74, 6) is -6.40. The molecular weight excluding hydrogens is 268 g/mol. The topological polar surface area (TPSA) is 107 Å². The summed E-state index contributed by atoms with van der Waals surface area (Å²) in [7, 11) is 0. The van der Waals surface area contributed by atoms with Crippen LogP contribution in [-0.2, 0) is 14.3 Å². The van der Waals surface area contributed by atoms with E-state index in [9.17, 15) is 35.9 Å². The minimum Gasteiger partial charge on any atom is -0.465 e. The standard InChI is InChI=1S/C4F6O3.CH3NO2/c5-3(6,7)1(11)13-2(12)4(8,9)10;2-1(3)4/h;2H2,(H,3,4). The van der Waals surface area contributed by atoms with Crippen molar-refractivity contribution in [1.29, 1.82) is 0 Å². The molecule has 12 heteroatoms. The van der Waals surface area contributed by atoms with Gasteiger partial charge in [-0.3, -0.25) is 0 Å². The number of hydrogen-bond acceptors (Lipinski definition) is 4. The van der Waals surface area contributed by atoms with Crippen molar-refractivity contribution in [3.05, 3.63) is 0 Å². The van der Waals surface area contributed by atoms with Crippen LogP contribution in [0, 0.1) is 0 Å². The molecule has 0 spiro atoms. The first-order valence-electron chi connectivity index (χ1n) is 3.17. The lowest BCUT2D eigenvalue weighted by Crippen LogP contribution is -2.34. The summed E-state index contributed by atoms with van der Waals surface area (Å²) in [6.07, 6.45) is -12.6. The number of carbonyl (C=O) groups excluding carboxylic acids is 2. The van der Waals surface area contributed by atoms with Crippen molar-refractivity contribution in [1.82, 2.24) is 0 Å². The number of ether oxygens (including phenoxy) is 1. The number of esters is 2. The maximum Gasteiger partial charge on any atom is 0.491 e. The van der Waals surface area contributed by atoms with Gasteiger partial charge < -0.3 is 15.6 Å². The van der Waals surface area contributed by atoms with Gasteiger partial charge in [-0.1, -0.05) is 0 Å². The normalized spacial score (nSPS) is 10.9. The summed E-state index contributed by atoms with van der Waals surface area (Å²) in [4.78, 5) is 28.1. The molecule has 0 heterocycles. The van der Waals surface area contributed by atoms with Crippen LogP contribution in [0.3, 0.4) is 0 Å². The molecule has 0 aromatic carbocycles. The predicted octanol–water partition coefficient (Wildman–Crippen LogP) is 0.804. The summed E-state index contributed by atoms with van der Waals surface area (Å²) in [6.45, 7) is 0. The van der Waals surface area contributed by atoms with Gasteiger partial charge in [0, 0.05) is 0 Å². The molecule has 0 fully saturated rings. The van der Waals surface area contributed by atoms with Gasteiger partial charge >= 0.3 is 30.4 Å². The molecule has 1 amide bonds. The van der Waals surface area contributed by atoms with Crippen LogP contribution in [-0.4, -0.2) is 35.5 Å². The minimum atomic E-state index is -5.62. The highest BCUT2D eigenvalue weighted by molar-refractivity contribution is 5.90. The van der Waals surface area contributed by atoms with Gasteiger partial charge in [-0.25, -0.2) is 14.4 Å².